The van der Waals surface area contributed by atoms with E-state index in [0.717, 1.165) is 18.4 Å². The van der Waals surface area contributed by atoms with Crippen LogP contribution in [-0.4, -0.2) is 54.5 Å². The number of halogens is 1. The van der Waals surface area contributed by atoms with Crippen LogP contribution in [0.3, 0.4) is 0 Å². The van der Waals surface area contributed by atoms with Crippen LogP contribution in [0.2, 0.25) is 0 Å². The number of nitrogens with two attached hydrogens (primary N) is 1. The van der Waals surface area contributed by atoms with Crippen LogP contribution in [0.5, 0.6) is 0 Å². The van der Waals surface area contributed by atoms with Crippen LogP contribution in [0.15, 0.2) is 4.99 Å². The average Bonchev–Trinajstić information content (AvgIpc) is 3.24. The molecule has 1 saturated carbocycles. The average molecular weight is 408 g/mol. The van der Waals surface area contributed by atoms with Crippen LogP contribution in [0.1, 0.15) is 46.5 Å². The molecule has 124 valence electrons. The first-order valence-electron chi connectivity index (χ1n) is 8.25. The lowest BCUT2D eigenvalue weighted by Crippen LogP contribution is -2.46. The summed E-state index contributed by atoms with van der Waals surface area (Å²) >= 11 is 0. The largest absolute Gasteiger partial charge is 0.370 e. The lowest BCUT2D eigenvalue weighted by molar-refractivity contribution is 0.113. The number of piperidine rings is 1. The predicted octanol–water partition coefficient (Wildman–Crippen LogP) is 2.77. The van der Waals surface area contributed by atoms with E-state index >= 15 is 0 Å². The molecule has 1 saturated heterocycles. The first kappa shape index (κ1) is 19.0. The monoisotopic (exact) mass is 408 g/mol. The van der Waals surface area contributed by atoms with Crippen LogP contribution in [0, 0.1) is 11.8 Å². The lowest BCUT2D eigenvalue weighted by atomic mass is 9.94. The normalized spacial score (nSPS) is 23.0. The molecule has 2 rings (SSSR count). The molecule has 0 aromatic rings. The highest BCUT2D eigenvalue weighted by Gasteiger charge is 2.28. The van der Waals surface area contributed by atoms with Gasteiger partial charge in [0.15, 0.2) is 5.96 Å². The minimum absolute atomic E-state index is 0. The highest BCUT2D eigenvalue weighted by molar-refractivity contribution is 14.0. The molecule has 1 unspecified atom stereocenters. The molecule has 2 N–H and O–H groups in total. The fourth-order valence-electron chi connectivity index (χ4n) is 3.06. The van der Waals surface area contributed by atoms with Crippen LogP contribution in [0.25, 0.3) is 0 Å². The quantitative estimate of drug-likeness (QED) is 0.432. The zero-order valence-electron chi connectivity index (χ0n) is 14.1. The summed E-state index contributed by atoms with van der Waals surface area (Å²) in [5.74, 6) is 2.24. The fourth-order valence-corrected chi connectivity index (χ4v) is 3.06. The molecule has 0 bridgehead atoms. The van der Waals surface area contributed by atoms with E-state index in [-0.39, 0.29) is 24.0 Å². The van der Waals surface area contributed by atoms with Gasteiger partial charge in [-0.25, -0.2) is 0 Å². The first-order valence-corrected chi connectivity index (χ1v) is 8.25. The Morgan fingerprint density at radius 3 is 2.29 bits per heavy atom. The molecular formula is C16H33IN4. The topological polar surface area (TPSA) is 44.9 Å². The molecule has 2 fully saturated rings. The van der Waals surface area contributed by atoms with Crippen LogP contribution in [0.4, 0.5) is 0 Å². The molecule has 21 heavy (non-hydrogen) atoms. The van der Waals surface area contributed by atoms with Crippen molar-refractivity contribution in [1.29, 1.82) is 0 Å². The van der Waals surface area contributed by atoms with Crippen molar-refractivity contribution in [3.05, 3.63) is 0 Å². The molecule has 0 amide bonds. The molecule has 1 atom stereocenters. The van der Waals surface area contributed by atoms with Crippen molar-refractivity contribution in [3.8, 4) is 0 Å². The summed E-state index contributed by atoms with van der Waals surface area (Å²) in [4.78, 5) is 9.45. The smallest absolute Gasteiger partial charge is 0.191 e. The predicted molar refractivity (Wildman–Crippen MR) is 101 cm³/mol. The molecule has 1 heterocycles. The van der Waals surface area contributed by atoms with Gasteiger partial charge in [0, 0.05) is 19.1 Å². The summed E-state index contributed by atoms with van der Waals surface area (Å²) in [6.07, 6.45) is 5.18. The van der Waals surface area contributed by atoms with Crippen molar-refractivity contribution in [2.24, 2.45) is 22.6 Å². The van der Waals surface area contributed by atoms with E-state index in [2.05, 4.69) is 42.6 Å². The summed E-state index contributed by atoms with van der Waals surface area (Å²) in [6, 6.07) is 1.18. The van der Waals surface area contributed by atoms with Crippen molar-refractivity contribution in [3.63, 3.8) is 0 Å². The van der Waals surface area contributed by atoms with Gasteiger partial charge in [0.2, 0.25) is 0 Å². The Labute approximate surface area is 147 Å². The SMILES string of the molecule is CC1CCN(C(CN=C(N)N(C)C2CC2)C(C)C)CC1.I. The van der Waals surface area contributed by atoms with Gasteiger partial charge in [0.1, 0.15) is 0 Å². The third kappa shape index (κ3) is 5.58. The Morgan fingerprint density at radius 2 is 1.81 bits per heavy atom. The number of hydrogen-bond donors (Lipinski definition) is 1. The molecule has 0 aromatic carbocycles. The summed E-state index contributed by atoms with van der Waals surface area (Å²) in [5, 5.41) is 0. The minimum atomic E-state index is 0. The molecule has 1 aliphatic carbocycles. The van der Waals surface area contributed by atoms with E-state index in [1.165, 1.54) is 38.8 Å². The van der Waals surface area contributed by atoms with Gasteiger partial charge in [0.25, 0.3) is 0 Å². The Hall–Kier alpha value is -0.0400. The Bertz CT molecular complexity index is 333. The van der Waals surface area contributed by atoms with E-state index in [0.29, 0.717) is 18.0 Å². The Balaban J connectivity index is 0.00000220. The lowest BCUT2D eigenvalue weighted by Gasteiger charge is -2.38. The van der Waals surface area contributed by atoms with Crippen LogP contribution in [-0.2, 0) is 0 Å². The first-order chi connectivity index (χ1) is 9.49. The zero-order chi connectivity index (χ0) is 14.7. The number of nitrogens with zero attached hydrogens (tertiary/aromatic N) is 3. The van der Waals surface area contributed by atoms with E-state index in [1.807, 2.05) is 0 Å². The van der Waals surface area contributed by atoms with E-state index in [1.54, 1.807) is 0 Å². The Morgan fingerprint density at radius 1 is 1.24 bits per heavy atom. The van der Waals surface area contributed by atoms with Crippen molar-refractivity contribution in [2.75, 3.05) is 26.7 Å². The molecule has 4 nitrogen and oxygen atoms in total. The third-order valence-electron chi connectivity index (χ3n) is 4.95. The maximum atomic E-state index is 6.12. The van der Waals surface area contributed by atoms with Gasteiger partial charge in [-0.1, -0.05) is 20.8 Å². The second-order valence-electron chi connectivity index (χ2n) is 7.07. The van der Waals surface area contributed by atoms with Crippen LogP contribution < -0.4 is 5.73 Å². The van der Waals surface area contributed by atoms with Crippen molar-refractivity contribution in [1.82, 2.24) is 9.80 Å². The third-order valence-corrected chi connectivity index (χ3v) is 4.95. The number of rotatable bonds is 5. The van der Waals surface area contributed by atoms with Crippen molar-refractivity contribution < 1.29 is 0 Å². The minimum Gasteiger partial charge on any atom is -0.370 e. The molecule has 2 aliphatic rings. The summed E-state index contributed by atoms with van der Waals surface area (Å²) in [7, 11) is 2.07. The molecular weight excluding hydrogens is 375 g/mol. The zero-order valence-corrected chi connectivity index (χ0v) is 16.4. The summed E-state index contributed by atoms with van der Waals surface area (Å²) < 4.78 is 0. The number of guanidine groups is 1. The van der Waals surface area contributed by atoms with Crippen molar-refractivity contribution in [2.45, 2.75) is 58.5 Å². The molecule has 0 spiro atoms. The standard InChI is InChI=1S/C16H32N4.HI/c1-12(2)15(20-9-7-13(3)8-10-20)11-18-16(17)19(4)14-5-6-14;/h12-15H,5-11H2,1-4H3,(H2,17,18);1H. The second kappa shape index (κ2) is 8.56. The van der Waals surface area contributed by atoms with Gasteiger partial charge in [-0.2, -0.15) is 0 Å². The maximum absolute atomic E-state index is 6.12. The van der Waals surface area contributed by atoms with Gasteiger partial charge in [0.05, 0.1) is 6.54 Å². The number of likely N-dealkylation sites (tertiary alicyclic amines) is 1. The number of hydrogen-bond acceptors (Lipinski definition) is 2. The highest BCUT2D eigenvalue weighted by Crippen LogP contribution is 2.25. The van der Waals surface area contributed by atoms with Gasteiger partial charge >= 0.3 is 0 Å². The fraction of sp³-hybridized carbons (Fsp3) is 0.938. The van der Waals surface area contributed by atoms with E-state index in [9.17, 15) is 0 Å². The number of aliphatic imine (C=N–C) groups is 1. The molecule has 0 radical (unpaired) electrons. The van der Waals surface area contributed by atoms with Crippen LogP contribution >= 0.6 is 24.0 Å². The van der Waals surface area contributed by atoms with Gasteiger partial charge in [-0.3, -0.25) is 9.89 Å². The summed E-state index contributed by atoms with van der Waals surface area (Å²) in [5.41, 5.74) is 6.12. The van der Waals surface area contributed by atoms with Crippen molar-refractivity contribution >= 4 is 29.9 Å². The maximum Gasteiger partial charge on any atom is 0.191 e. The molecule has 5 heteroatoms. The highest BCUT2D eigenvalue weighted by atomic mass is 127. The Kier molecular flexibility index (Phi) is 7.74. The molecule has 0 aromatic heterocycles. The van der Waals surface area contributed by atoms with E-state index in [4.69, 9.17) is 5.73 Å². The van der Waals surface area contributed by atoms with Gasteiger partial charge < -0.3 is 10.6 Å². The van der Waals surface area contributed by atoms with E-state index < -0.39 is 0 Å². The summed E-state index contributed by atoms with van der Waals surface area (Å²) in [6.45, 7) is 10.3. The van der Waals surface area contributed by atoms with Gasteiger partial charge in [-0.15, -0.1) is 24.0 Å². The molecule has 1 aliphatic heterocycles. The van der Waals surface area contributed by atoms with Gasteiger partial charge in [-0.05, 0) is 50.6 Å². The second-order valence-corrected chi connectivity index (χ2v) is 7.07.